The monoisotopic (exact) mass is 323 g/mol. The minimum Gasteiger partial charge on any atom is -0.368 e. The molecule has 1 saturated carbocycles. The van der Waals surface area contributed by atoms with Crippen LogP contribution in [0.2, 0.25) is 0 Å². The zero-order valence-corrected chi connectivity index (χ0v) is 13.4. The van der Waals surface area contributed by atoms with Crippen molar-refractivity contribution in [2.75, 3.05) is 24.7 Å². The van der Waals surface area contributed by atoms with Gasteiger partial charge in [-0.25, -0.2) is 13.4 Å². The molecule has 1 fully saturated rings. The number of nitrogens with one attached hydrogen (secondary N) is 2. The zero-order chi connectivity index (χ0) is 16.2. The molecule has 0 spiro atoms. The highest BCUT2D eigenvalue weighted by Gasteiger charge is 2.46. The number of hydrogen-bond acceptors (Lipinski definition) is 5. The average molecular weight is 323 g/mol. The summed E-state index contributed by atoms with van der Waals surface area (Å²) >= 11 is 0. The third-order valence-corrected chi connectivity index (χ3v) is 6.21. The SMILES string of the molecule is C=CCNC(=O)c1cccnc1NCC1(S(C)(=O)=O)CCC1. The van der Waals surface area contributed by atoms with Gasteiger partial charge in [0.1, 0.15) is 5.82 Å². The lowest BCUT2D eigenvalue weighted by atomic mass is 9.84. The van der Waals surface area contributed by atoms with Crippen LogP contribution in [-0.2, 0) is 9.84 Å². The summed E-state index contributed by atoms with van der Waals surface area (Å²) in [6, 6.07) is 3.32. The van der Waals surface area contributed by atoms with Crippen molar-refractivity contribution < 1.29 is 13.2 Å². The minimum atomic E-state index is -3.15. The predicted octanol–water partition coefficient (Wildman–Crippen LogP) is 1.38. The van der Waals surface area contributed by atoms with Crippen molar-refractivity contribution in [1.29, 1.82) is 0 Å². The molecule has 0 atom stereocenters. The summed E-state index contributed by atoms with van der Waals surface area (Å²) in [5.74, 6) is 0.136. The summed E-state index contributed by atoms with van der Waals surface area (Å²) in [5.41, 5.74) is 0.396. The Morgan fingerprint density at radius 1 is 1.50 bits per heavy atom. The van der Waals surface area contributed by atoms with E-state index in [-0.39, 0.29) is 12.5 Å². The van der Waals surface area contributed by atoms with Gasteiger partial charge < -0.3 is 10.6 Å². The van der Waals surface area contributed by atoms with Crippen molar-refractivity contribution in [3.8, 4) is 0 Å². The Morgan fingerprint density at radius 2 is 2.23 bits per heavy atom. The molecular weight excluding hydrogens is 302 g/mol. The van der Waals surface area contributed by atoms with Crippen LogP contribution < -0.4 is 10.6 Å². The molecule has 0 unspecified atom stereocenters. The summed E-state index contributed by atoms with van der Waals surface area (Å²) in [7, 11) is -3.15. The second-order valence-electron chi connectivity index (χ2n) is 5.56. The molecule has 0 aromatic carbocycles. The highest BCUT2D eigenvalue weighted by atomic mass is 32.2. The first-order valence-electron chi connectivity index (χ1n) is 7.17. The summed E-state index contributed by atoms with van der Waals surface area (Å²) in [6.07, 6.45) is 6.62. The number of hydrogen-bond donors (Lipinski definition) is 2. The van der Waals surface area contributed by atoms with Crippen LogP contribution in [-0.4, -0.2) is 43.4 Å². The Bertz CT molecular complexity index is 666. The smallest absolute Gasteiger partial charge is 0.255 e. The molecule has 1 aromatic heterocycles. The van der Waals surface area contributed by atoms with Gasteiger partial charge in [-0.1, -0.05) is 12.5 Å². The molecule has 7 heteroatoms. The van der Waals surface area contributed by atoms with E-state index in [1.165, 1.54) is 6.26 Å². The van der Waals surface area contributed by atoms with Gasteiger partial charge >= 0.3 is 0 Å². The van der Waals surface area contributed by atoms with E-state index in [0.717, 1.165) is 6.42 Å². The van der Waals surface area contributed by atoms with Crippen LogP contribution in [0.5, 0.6) is 0 Å². The lowest BCUT2D eigenvalue weighted by Crippen LogP contribution is -2.50. The number of sulfone groups is 1. The van der Waals surface area contributed by atoms with Crippen molar-refractivity contribution in [1.82, 2.24) is 10.3 Å². The fourth-order valence-corrected chi connectivity index (χ4v) is 3.85. The van der Waals surface area contributed by atoms with Crippen LogP contribution in [0.25, 0.3) is 0 Å². The first-order chi connectivity index (χ1) is 10.4. The second kappa shape index (κ2) is 6.48. The van der Waals surface area contributed by atoms with Crippen molar-refractivity contribution in [2.45, 2.75) is 24.0 Å². The number of aromatic nitrogens is 1. The van der Waals surface area contributed by atoms with Gasteiger partial charge in [0.2, 0.25) is 0 Å². The topological polar surface area (TPSA) is 88.2 Å². The Kier molecular flexibility index (Phi) is 4.85. The van der Waals surface area contributed by atoms with Gasteiger partial charge in [0, 0.05) is 25.5 Å². The minimum absolute atomic E-state index is 0.266. The van der Waals surface area contributed by atoms with E-state index in [0.29, 0.717) is 30.8 Å². The zero-order valence-electron chi connectivity index (χ0n) is 12.6. The molecule has 1 amide bonds. The average Bonchev–Trinajstić information content (AvgIpc) is 2.42. The molecule has 1 heterocycles. The molecule has 0 radical (unpaired) electrons. The fraction of sp³-hybridized carbons (Fsp3) is 0.467. The Balaban J connectivity index is 2.13. The molecule has 2 N–H and O–H groups in total. The van der Waals surface area contributed by atoms with Crippen LogP contribution in [0.3, 0.4) is 0 Å². The molecular formula is C15H21N3O3S. The van der Waals surface area contributed by atoms with Crippen molar-refractivity contribution in [3.63, 3.8) is 0 Å². The fourth-order valence-electron chi connectivity index (χ4n) is 2.48. The molecule has 6 nitrogen and oxygen atoms in total. The van der Waals surface area contributed by atoms with E-state index in [1.54, 1.807) is 24.4 Å². The maximum Gasteiger partial charge on any atom is 0.255 e. The first-order valence-corrected chi connectivity index (χ1v) is 9.06. The van der Waals surface area contributed by atoms with E-state index >= 15 is 0 Å². The molecule has 2 rings (SSSR count). The Hall–Kier alpha value is -1.89. The van der Waals surface area contributed by atoms with E-state index < -0.39 is 14.6 Å². The summed E-state index contributed by atoms with van der Waals surface area (Å²) in [6.45, 7) is 4.18. The number of rotatable bonds is 7. The Labute approximate surface area is 130 Å². The largest absolute Gasteiger partial charge is 0.368 e. The molecule has 0 aliphatic heterocycles. The molecule has 0 bridgehead atoms. The number of pyridine rings is 1. The van der Waals surface area contributed by atoms with Crippen LogP contribution >= 0.6 is 0 Å². The molecule has 22 heavy (non-hydrogen) atoms. The number of carbonyl (C=O) groups excluding carboxylic acids is 1. The third kappa shape index (κ3) is 3.30. The quantitative estimate of drug-likeness (QED) is 0.740. The van der Waals surface area contributed by atoms with Gasteiger partial charge in [-0.2, -0.15) is 0 Å². The lowest BCUT2D eigenvalue weighted by Gasteiger charge is -2.40. The van der Waals surface area contributed by atoms with Gasteiger partial charge in [0.15, 0.2) is 9.84 Å². The molecule has 120 valence electrons. The molecule has 1 aliphatic rings. The maximum absolute atomic E-state index is 12.1. The van der Waals surface area contributed by atoms with Gasteiger partial charge in [-0.15, -0.1) is 6.58 Å². The number of carbonyl (C=O) groups is 1. The Morgan fingerprint density at radius 3 is 2.77 bits per heavy atom. The standard InChI is InChI=1S/C15H21N3O3S/c1-3-9-17-14(19)12-6-4-10-16-13(12)18-11-15(7-5-8-15)22(2,20)21/h3-4,6,10H,1,5,7-9,11H2,2H3,(H,16,18)(H,17,19). The highest BCUT2D eigenvalue weighted by Crippen LogP contribution is 2.39. The van der Waals surface area contributed by atoms with Crippen molar-refractivity contribution >= 4 is 21.6 Å². The normalized spacial score (nSPS) is 16.4. The molecule has 1 aromatic rings. The summed E-state index contributed by atoms with van der Waals surface area (Å²) in [4.78, 5) is 16.2. The molecule has 1 aliphatic carbocycles. The third-order valence-electron chi connectivity index (χ3n) is 4.09. The van der Waals surface area contributed by atoms with Gasteiger partial charge in [0.25, 0.3) is 5.91 Å². The van der Waals surface area contributed by atoms with Gasteiger partial charge in [-0.05, 0) is 25.0 Å². The second-order valence-corrected chi connectivity index (χ2v) is 7.97. The highest BCUT2D eigenvalue weighted by molar-refractivity contribution is 7.92. The van der Waals surface area contributed by atoms with E-state index in [1.807, 2.05) is 0 Å². The predicted molar refractivity (Wildman–Crippen MR) is 86.7 cm³/mol. The number of amides is 1. The van der Waals surface area contributed by atoms with Crippen LogP contribution in [0.1, 0.15) is 29.6 Å². The van der Waals surface area contributed by atoms with E-state index in [4.69, 9.17) is 0 Å². The summed E-state index contributed by atoms with van der Waals surface area (Å²) < 4.78 is 23.2. The molecule has 0 saturated heterocycles. The maximum atomic E-state index is 12.1. The van der Waals surface area contributed by atoms with E-state index in [9.17, 15) is 13.2 Å². The number of anilines is 1. The van der Waals surface area contributed by atoms with Gasteiger partial charge in [-0.3, -0.25) is 4.79 Å². The van der Waals surface area contributed by atoms with Crippen molar-refractivity contribution in [3.05, 3.63) is 36.5 Å². The van der Waals surface area contributed by atoms with Crippen LogP contribution in [0.15, 0.2) is 31.0 Å². The lowest BCUT2D eigenvalue weighted by molar-refractivity contribution is 0.0958. The number of nitrogens with zero attached hydrogens (tertiary/aromatic N) is 1. The van der Waals surface area contributed by atoms with Crippen molar-refractivity contribution in [2.24, 2.45) is 0 Å². The first kappa shape index (κ1) is 16.5. The summed E-state index contributed by atoms with van der Waals surface area (Å²) in [5, 5.41) is 5.73. The van der Waals surface area contributed by atoms with Crippen LogP contribution in [0.4, 0.5) is 5.82 Å². The van der Waals surface area contributed by atoms with E-state index in [2.05, 4.69) is 22.2 Å². The van der Waals surface area contributed by atoms with Crippen LogP contribution in [0, 0.1) is 0 Å². The van der Waals surface area contributed by atoms with Gasteiger partial charge in [0.05, 0.1) is 10.3 Å².